The molecule has 3 aromatic rings. The molecular formula is C54H80N8O10S. The molecule has 10 N–H and O–H groups in total. The number of carbonyl (C=O) groups excluding carboxylic acids is 6. The number of carboxylic acid groups (broad SMARTS) is 1. The van der Waals surface area contributed by atoms with Gasteiger partial charge >= 0.3 is 18.2 Å². The largest absolute Gasteiger partial charge is 0.480 e. The van der Waals surface area contributed by atoms with Gasteiger partial charge in [-0.15, -0.1) is 11.8 Å². The van der Waals surface area contributed by atoms with Crippen LogP contribution in [-0.2, 0) is 38.2 Å². The van der Waals surface area contributed by atoms with Gasteiger partial charge in [0, 0.05) is 24.8 Å². The highest BCUT2D eigenvalue weighted by Gasteiger charge is 2.38. The molecule has 19 heteroatoms. The third-order valence-corrected chi connectivity index (χ3v) is 13.0. The van der Waals surface area contributed by atoms with Crippen LogP contribution < -0.4 is 43.0 Å². The summed E-state index contributed by atoms with van der Waals surface area (Å²) in [7, 11) is 0. The second-order valence-electron chi connectivity index (χ2n) is 20.0. The first-order valence-corrected chi connectivity index (χ1v) is 26.1. The maximum absolute atomic E-state index is 14.2. The van der Waals surface area contributed by atoms with E-state index >= 15 is 0 Å². The average Bonchev–Trinajstić information content (AvgIpc) is 3.32. The van der Waals surface area contributed by atoms with Crippen molar-refractivity contribution in [2.24, 2.45) is 11.7 Å². The number of rotatable bonds is 30. The van der Waals surface area contributed by atoms with E-state index in [4.69, 9.17) is 15.2 Å². The summed E-state index contributed by atoms with van der Waals surface area (Å²) in [5.41, 5.74) is 7.60. The van der Waals surface area contributed by atoms with Crippen LogP contribution >= 0.6 is 11.8 Å². The number of amides is 6. The number of unbranched alkanes of at least 4 members (excludes halogenated alkanes) is 2. The Hall–Kier alpha value is -6.18. The van der Waals surface area contributed by atoms with Crippen LogP contribution in [0.1, 0.15) is 123 Å². The van der Waals surface area contributed by atoms with Gasteiger partial charge in [0.25, 0.3) is 0 Å². The van der Waals surface area contributed by atoms with Gasteiger partial charge in [-0.2, -0.15) is 0 Å². The molecule has 0 fully saturated rings. The van der Waals surface area contributed by atoms with Crippen molar-refractivity contribution in [2.75, 3.05) is 31.9 Å². The van der Waals surface area contributed by atoms with Crippen LogP contribution in [0.15, 0.2) is 91.0 Å². The number of nitrogens with one attached hydrogen (secondary N) is 7. The maximum atomic E-state index is 14.2. The normalized spacial score (nSPS) is 13.7. The number of carboxylic acids is 1. The number of hydrogen-bond acceptors (Lipinski definition) is 12. The number of carbonyl (C=O) groups is 7. The van der Waals surface area contributed by atoms with E-state index in [1.54, 1.807) is 67.2 Å². The molecule has 0 bridgehead atoms. The van der Waals surface area contributed by atoms with Crippen molar-refractivity contribution in [3.8, 4) is 0 Å². The van der Waals surface area contributed by atoms with E-state index in [0.717, 1.165) is 16.7 Å². The van der Waals surface area contributed by atoms with Crippen LogP contribution in [0.2, 0.25) is 0 Å². The van der Waals surface area contributed by atoms with Crippen molar-refractivity contribution in [3.63, 3.8) is 0 Å². The maximum Gasteiger partial charge on any atom is 0.407 e. The number of ether oxygens (including phenoxy) is 2. The van der Waals surface area contributed by atoms with Crippen LogP contribution in [0.3, 0.4) is 0 Å². The van der Waals surface area contributed by atoms with Gasteiger partial charge in [-0.25, -0.2) is 14.4 Å². The van der Waals surface area contributed by atoms with E-state index in [9.17, 15) is 38.7 Å². The average molecular weight is 1030 g/mol. The Morgan fingerprint density at radius 2 is 0.959 bits per heavy atom. The summed E-state index contributed by atoms with van der Waals surface area (Å²) < 4.78 is 9.89. The Balaban J connectivity index is 1.75. The molecule has 0 spiro atoms. The summed E-state index contributed by atoms with van der Waals surface area (Å²) in [6.07, 6.45) is 0.537. The van der Waals surface area contributed by atoms with Crippen molar-refractivity contribution >= 4 is 53.5 Å². The fourth-order valence-corrected chi connectivity index (χ4v) is 9.17. The van der Waals surface area contributed by atoms with E-state index < -0.39 is 82.4 Å². The molecule has 0 saturated heterocycles. The van der Waals surface area contributed by atoms with E-state index in [1.807, 2.05) is 54.6 Å². The van der Waals surface area contributed by atoms with Crippen molar-refractivity contribution < 1.29 is 48.1 Å². The highest BCUT2D eigenvalue weighted by Crippen LogP contribution is 2.49. The van der Waals surface area contributed by atoms with Crippen LogP contribution in [-0.4, -0.2) is 114 Å². The zero-order chi connectivity index (χ0) is 54.0. The summed E-state index contributed by atoms with van der Waals surface area (Å²) in [4.78, 5) is 92.0. The van der Waals surface area contributed by atoms with Crippen LogP contribution in [0, 0.1) is 5.92 Å². The monoisotopic (exact) mass is 1030 g/mol. The second-order valence-corrected chi connectivity index (χ2v) is 21.3. The lowest BCUT2D eigenvalue weighted by Gasteiger charge is -2.36. The predicted molar refractivity (Wildman–Crippen MR) is 284 cm³/mol. The number of aliphatic carboxylic acids is 1. The number of benzene rings is 3. The molecule has 0 aliphatic heterocycles. The summed E-state index contributed by atoms with van der Waals surface area (Å²) in [5.74, 6) is -3.92. The highest BCUT2D eigenvalue weighted by atomic mass is 32.2. The molecule has 0 heterocycles. The van der Waals surface area contributed by atoms with Gasteiger partial charge in [0.2, 0.25) is 23.6 Å². The molecule has 1 unspecified atom stereocenters. The highest BCUT2D eigenvalue weighted by molar-refractivity contribution is 8.00. The number of nitrogens with two attached hydrogens (primary N) is 1. The van der Waals surface area contributed by atoms with Crippen molar-refractivity contribution in [3.05, 3.63) is 108 Å². The standard InChI is InChI=1S/C54H80N8O10S/c1-37(36-73-54(39-23-12-9-13-24-39,40-25-14-10-15-26-40)41-27-16-11-17-28-41)46(64)59-35-45(63)60-42(29-18-20-32-57-50(69)71-52(3,4)5)47(65)61-43(31-22-34-56-38(2)55)48(66)62-44(49(67)68)30-19-21-33-58-51(70)72-53(6,7)8/h9-17,23-28,37-38,42-44,56H,18-22,29-36,55H2,1-8H3,(H,57,69)(H,58,70)(H,59,64)(H,60,63)(H,61,65)(H,62,66)(H,67,68)/t37-,38?,42+,43+,44+/m0/s1. The Morgan fingerprint density at radius 3 is 1.38 bits per heavy atom. The minimum absolute atomic E-state index is 0.0387. The van der Waals surface area contributed by atoms with Crippen LogP contribution in [0.5, 0.6) is 0 Å². The topological polar surface area (TPSA) is 268 Å². The molecule has 73 heavy (non-hydrogen) atoms. The summed E-state index contributed by atoms with van der Waals surface area (Å²) in [6, 6.07) is 26.6. The fraction of sp³-hybridized carbons (Fsp3) is 0.537. The Bertz CT molecular complexity index is 2090. The van der Waals surface area contributed by atoms with Gasteiger partial charge in [0.1, 0.15) is 29.3 Å². The predicted octanol–water partition coefficient (Wildman–Crippen LogP) is 6.07. The number of hydrogen-bond donors (Lipinski definition) is 9. The van der Waals surface area contributed by atoms with Gasteiger partial charge < -0.3 is 57.5 Å². The van der Waals surface area contributed by atoms with Crippen LogP contribution in [0.25, 0.3) is 0 Å². The molecule has 0 radical (unpaired) electrons. The quantitative estimate of drug-likeness (QED) is 0.0209. The molecule has 402 valence electrons. The first-order valence-electron chi connectivity index (χ1n) is 25.1. The van der Waals surface area contributed by atoms with Crippen LogP contribution in [0.4, 0.5) is 9.59 Å². The van der Waals surface area contributed by atoms with Gasteiger partial charge in [0.05, 0.1) is 17.5 Å². The van der Waals surface area contributed by atoms with E-state index in [0.29, 0.717) is 44.4 Å². The van der Waals surface area contributed by atoms with E-state index in [-0.39, 0.29) is 44.4 Å². The van der Waals surface area contributed by atoms with E-state index in [1.165, 1.54) is 0 Å². The Morgan fingerprint density at radius 1 is 0.548 bits per heavy atom. The molecule has 3 aromatic carbocycles. The summed E-state index contributed by atoms with van der Waals surface area (Å²) >= 11 is 1.62. The molecule has 0 saturated carbocycles. The van der Waals surface area contributed by atoms with Crippen molar-refractivity contribution in [2.45, 2.75) is 147 Å². The SMILES string of the molecule is CC(N)NCCC[C@@H](NC(=O)[C@@H](CCCCNC(=O)OC(C)(C)C)NC(=O)CNC(=O)[C@@H](C)CSC(c1ccccc1)(c1ccccc1)c1ccccc1)C(=O)N[C@H](CCCCNC(=O)OC(C)(C)C)C(=O)O. The smallest absolute Gasteiger partial charge is 0.407 e. The molecular weight excluding hydrogens is 953 g/mol. The first kappa shape index (κ1) is 61.1. The number of alkyl carbamates (subject to hydrolysis) is 2. The van der Waals surface area contributed by atoms with Gasteiger partial charge in [-0.3, -0.25) is 19.2 Å². The van der Waals surface area contributed by atoms with E-state index in [2.05, 4.69) is 73.6 Å². The second kappa shape index (κ2) is 30.8. The molecule has 3 rings (SSSR count). The lowest BCUT2D eigenvalue weighted by Crippen LogP contribution is -2.56. The molecule has 0 aliphatic rings. The van der Waals surface area contributed by atoms with Crippen molar-refractivity contribution in [1.82, 2.24) is 37.2 Å². The fourth-order valence-electron chi connectivity index (χ4n) is 7.61. The van der Waals surface area contributed by atoms with Gasteiger partial charge in [-0.1, -0.05) is 97.9 Å². The first-order chi connectivity index (χ1) is 34.5. The number of thioether (sulfide) groups is 1. The molecule has 18 nitrogen and oxygen atoms in total. The minimum Gasteiger partial charge on any atom is -0.480 e. The molecule has 0 aliphatic carbocycles. The Kier molecular flexibility index (Phi) is 25.8. The third-order valence-electron chi connectivity index (χ3n) is 11.2. The molecule has 0 aromatic heterocycles. The Labute approximate surface area is 435 Å². The van der Waals surface area contributed by atoms with Crippen molar-refractivity contribution in [1.29, 1.82) is 0 Å². The summed E-state index contributed by atoms with van der Waals surface area (Å²) in [5, 5.41) is 29.2. The summed E-state index contributed by atoms with van der Waals surface area (Å²) in [6.45, 7) is 14.4. The third kappa shape index (κ3) is 23.1. The lowest BCUT2D eigenvalue weighted by atomic mass is 9.84. The molecule has 6 amide bonds. The zero-order valence-electron chi connectivity index (χ0n) is 43.8. The zero-order valence-corrected chi connectivity index (χ0v) is 44.7. The molecule has 5 atom stereocenters. The van der Waals surface area contributed by atoms with Gasteiger partial charge in [0.15, 0.2) is 0 Å². The van der Waals surface area contributed by atoms with Gasteiger partial charge in [-0.05, 0) is 123 Å². The lowest BCUT2D eigenvalue weighted by molar-refractivity contribution is -0.142. The minimum atomic E-state index is -1.31.